The third-order valence-corrected chi connectivity index (χ3v) is 3.60. The normalized spacial score (nSPS) is 11.4. The zero-order valence-electron chi connectivity index (χ0n) is 11.0. The fraction of sp³-hybridized carbons (Fsp3) is 0.417. The standard InChI is InChI=1S/C12H15ClFNO4S/c1-8(2)6-15-12(16)7-19-11-4-3-9(5-10(11)14)20(13,17)18/h3-5,8H,6-7H2,1-2H3,(H,15,16). The van der Waals surface area contributed by atoms with Crippen LogP contribution in [0.25, 0.3) is 0 Å². The molecule has 0 aliphatic carbocycles. The van der Waals surface area contributed by atoms with Gasteiger partial charge in [0.2, 0.25) is 0 Å². The third-order valence-electron chi connectivity index (χ3n) is 2.25. The average Bonchev–Trinajstić information content (AvgIpc) is 2.33. The van der Waals surface area contributed by atoms with Crippen LogP contribution in [0.4, 0.5) is 4.39 Å². The predicted molar refractivity (Wildman–Crippen MR) is 72.8 cm³/mol. The van der Waals surface area contributed by atoms with Crippen LogP contribution in [0.1, 0.15) is 13.8 Å². The van der Waals surface area contributed by atoms with Crippen molar-refractivity contribution in [2.45, 2.75) is 18.7 Å². The van der Waals surface area contributed by atoms with Crippen LogP contribution in [0, 0.1) is 11.7 Å². The molecule has 112 valence electrons. The molecule has 0 bridgehead atoms. The van der Waals surface area contributed by atoms with Crippen molar-refractivity contribution >= 4 is 25.6 Å². The van der Waals surface area contributed by atoms with E-state index in [-0.39, 0.29) is 23.2 Å². The first-order valence-electron chi connectivity index (χ1n) is 5.84. The molecule has 0 aromatic heterocycles. The molecule has 0 saturated heterocycles. The molecule has 0 spiro atoms. The number of benzene rings is 1. The summed E-state index contributed by atoms with van der Waals surface area (Å²) in [5.74, 6) is -1.20. The van der Waals surface area contributed by atoms with Crippen LogP contribution in [0.5, 0.6) is 5.75 Å². The van der Waals surface area contributed by atoms with E-state index in [1.807, 2.05) is 13.8 Å². The van der Waals surface area contributed by atoms with Gasteiger partial charge in [0.1, 0.15) is 0 Å². The Morgan fingerprint density at radius 3 is 2.60 bits per heavy atom. The number of carbonyl (C=O) groups is 1. The van der Waals surface area contributed by atoms with E-state index >= 15 is 0 Å². The number of nitrogens with one attached hydrogen (secondary N) is 1. The molecule has 0 radical (unpaired) electrons. The zero-order chi connectivity index (χ0) is 15.3. The van der Waals surface area contributed by atoms with Gasteiger partial charge in [0.05, 0.1) is 4.90 Å². The SMILES string of the molecule is CC(C)CNC(=O)COc1ccc(S(=O)(=O)Cl)cc1F. The summed E-state index contributed by atoms with van der Waals surface area (Å²) in [6, 6.07) is 2.96. The maximum absolute atomic E-state index is 13.6. The highest BCUT2D eigenvalue weighted by molar-refractivity contribution is 8.13. The second kappa shape index (κ2) is 6.90. The molecular weight excluding hydrogens is 309 g/mol. The Morgan fingerprint density at radius 2 is 2.10 bits per heavy atom. The van der Waals surface area contributed by atoms with E-state index in [1.54, 1.807) is 0 Å². The largest absolute Gasteiger partial charge is 0.481 e. The molecule has 1 amide bonds. The van der Waals surface area contributed by atoms with Crippen LogP contribution in [0.3, 0.4) is 0 Å². The number of amides is 1. The molecule has 8 heteroatoms. The van der Waals surface area contributed by atoms with Gasteiger partial charge in [-0.15, -0.1) is 0 Å². The second-order valence-electron chi connectivity index (χ2n) is 4.52. The molecule has 0 atom stereocenters. The number of hydrogen-bond donors (Lipinski definition) is 1. The lowest BCUT2D eigenvalue weighted by Crippen LogP contribution is -2.31. The Hall–Kier alpha value is -1.34. The predicted octanol–water partition coefficient (Wildman–Crippen LogP) is 1.90. The van der Waals surface area contributed by atoms with E-state index in [0.29, 0.717) is 12.5 Å². The van der Waals surface area contributed by atoms with Crippen molar-refractivity contribution in [2.75, 3.05) is 13.2 Å². The van der Waals surface area contributed by atoms with E-state index in [1.165, 1.54) is 0 Å². The summed E-state index contributed by atoms with van der Waals surface area (Å²) >= 11 is 0. The molecule has 0 fully saturated rings. The van der Waals surface area contributed by atoms with Crippen LogP contribution in [-0.4, -0.2) is 27.5 Å². The summed E-state index contributed by atoms with van der Waals surface area (Å²) in [4.78, 5) is 11.0. The first-order chi connectivity index (χ1) is 9.20. The van der Waals surface area contributed by atoms with Crippen molar-refractivity contribution in [2.24, 2.45) is 5.92 Å². The fourth-order valence-corrected chi connectivity index (χ4v) is 2.03. The molecule has 0 aliphatic heterocycles. The minimum absolute atomic E-state index is 0.214. The third kappa shape index (κ3) is 5.34. The van der Waals surface area contributed by atoms with E-state index in [9.17, 15) is 17.6 Å². The van der Waals surface area contributed by atoms with Crippen LogP contribution in [0.15, 0.2) is 23.1 Å². The Morgan fingerprint density at radius 1 is 1.45 bits per heavy atom. The van der Waals surface area contributed by atoms with Gasteiger partial charge >= 0.3 is 0 Å². The fourth-order valence-electron chi connectivity index (χ4n) is 1.26. The number of ether oxygens (including phenoxy) is 1. The van der Waals surface area contributed by atoms with Gasteiger partial charge in [-0.3, -0.25) is 4.79 Å². The topological polar surface area (TPSA) is 72.5 Å². The van der Waals surface area contributed by atoms with E-state index < -0.39 is 14.9 Å². The number of carbonyl (C=O) groups excluding carboxylic acids is 1. The van der Waals surface area contributed by atoms with Crippen molar-refractivity contribution < 1.29 is 22.3 Å². The monoisotopic (exact) mass is 323 g/mol. The maximum Gasteiger partial charge on any atom is 0.261 e. The summed E-state index contributed by atoms with van der Waals surface area (Å²) in [6.45, 7) is 4.02. The molecule has 1 aromatic carbocycles. The summed E-state index contributed by atoms with van der Waals surface area (Å²) < 4.78 is 40.5. The van der Waals surface area contributed by atoms with Crippen LogP contribution in [-0.2, 0) is 13.8 Å². The van der Waals surface area contributed by atoms with Gasteiger partial charge in [0.25, 0.3) is 15.0 Å². The van der Waals surface area contributed by atoms with Gasteiger partial charge < -0.3 is 10.1 Å². The number of hydrogen-bond acceptors (Lipinski definition) is 4. The van der Waals surface area contributed by atoms with Gasteiger partial charge in [-0.1, -0.05) is 13.8 Å². The first-order valence-corrected chi connectivity index (χ1v) is 8.15. The summed E-state index contributed by atoms with van der Waals surface area (Å²) in [5, 5.41) is 2.60. The quantitative estimate of drug-likeness (QED) is 0.812. The molecule has 0 unspecified atom stereocenters. The summed E-state index contributed by atoms with van der Waals surface area (Å²) in [6.07, 6.45) is 0. The molecule has 20 heavy (non-hydrogen) atoms. The number of halogens is 2. The van der Waals surface area contributed by atoms with Crippen molar-refractivity contribution in [1.82, 2.24) is 5.32 Å². The summed E-state index contributed by atoms with van der Waals surface area (Å²) in [5.41, 5.74) is 0. The molecule has 1 N–H and O–H groups in total. The molecule has 0 heterocycles. The molecular formula is C12H15ClFNO4S. The minimum atomic E-state index is -3.99. The number of rotatable bonds is 6. The Balaban J connectivity index is 2.64. The van der Waals surface area contributed by atoms with Gasteiger partial charge in [-0.25, -0.2) is 12.8 Å². The van der Waals surface area contributed by atoms with Crippen molar-refractivity contribution in [3.63, 3.8) is 0 Å². The van der Waals surface area contributed by atoms with Crippen LogP contribution < -0.4 is 10.1 Å². The van der Waals surface area contributed by atoms with Crippen molar-refractivity contribution in [3.05, 3.63) is 24.0 Å². The second-order valence-corrected chi connectivity index (χ2v) is 7.08. The lowest BCUT2D eigenvalue weighted by atomic mass is 10.2. The highest BCUT2D eigenvalue weighted by Gasteiger charge is 2.14. The minimum Gasteiger partial charge on any atom is -0.481 e. The smallest absolute Gasteiger partial charge is 0.261 e. The van der Waals surface area contributed by atoms with E-state index in [4.69, 9.17) is 15.4 Å². The lowest BCUT2D eigenvalue weighted by molar-refractivity contribution is -0.123. The molecule has 5 nitrogen and oxygen atoms in total. The Bertz CT molecular complexity index is 589. The van der Waals surface area contributed by atoms with E-state index in [0.717, 1.165) is 18.2 Å². The van der Waals surface area contributed by atoms with E-state index in [2.05, 4.69) is 5.32 Å². The van der Waals surface area contributed by atoms with Gasteiger partial charge in [0, 0.05) is 17.2 Å². The lowest BCUT2D eigenvalue weighted by Gasteiger charge is -2.10. The molecule has 0 aliphatic rings. The molecule has 1 aromatic rings. The van der Waals surface area contributed by atoms with Crippen LogP contribution in [0.2, 0.25) is 0 Å². The maximum atomic E-state index is 13.6. The van der Waals surface area contributed by atoms with Crippen LogP contribution >= 0.6 is 10.7 Å². The molecule has 1 rings (SSSR count). The first kappa shape index (κ1) is 16.7. The van der Waals surface area contributed by atoms with Gasteiger partial charge in [-0.2, -0.15) is 0 Å². The van der Waals surface area contributed by atoms with Crippen molar-refractivity contribution in [1.29, 1.82) is 0 Å². The van der Waals surface area contributed by atoms with Crippen molar-refractivity contribution in [3.8, 4) is 5.75 Å². The Kier molecular flexibility index (Phi) is 5.76. The summed E-state index contributed by atoms with van der Waals surface area (Å²) in [7, 11) is 1.09. The zero-order valence-corrected chi connectivity index (χ0v) is 12.6. The van der Waals surface area contributed by atoms with Gasteiger partial charge in [-0.05, 0) is 24.1 Å². The highest BCUT2D eigenvalue weighted by Crippen LogP contribution is 2.23. The Labute approximate surface area is 121 Å². The highest BCUT2D eigenvalue weighted by atomic mass is 35.7. The van der Waals surface area contributed by atoms with Gasteiger partial charge in [0.15, 0.2) is 18.2 Å². The average molecular weight is 324 g/mol. The molecule has 0 saturated carbocycles.